The topological polar surface area (TPSA) is 69.3 Å². The van der Waals surface area contributed by atoms with E-state index >= 15 is 0 Å². The number of aromatic nitrogens is 2. The number of piperazine rings is 1. The van der Waals surface area contributed by atoms with E-state index in [0.717, 1.165) is 13.1 Å². The van der Waals surface area contributed by atoms with Crippen molar-refractivity contribution in [3.8, 4) is 0 Å². The first kappa shape index (κ1) is 16.7. The lowest BCUT2D eigenvalue weighted by atomic mass is 10.1. The van der Waals surface area contributed by atoms with E-state index in [-0.39, 0.29) is 16.4 Å². The number of alkyl halides is 1. The van der Waals surface area contributed by atoms with Gasteiger partial charge >= 0.3 is 0 Å². The summed E-state index contributed by atoms with van der Waals surface area (Å²) in [6, 6.07) is 0. The van der Waals surface area contributed by atoms with Crippen LogP contribution in [0.3, 0.4) is 0 Å². The highest BCUT2D eigenvalue weighted by atomic mass is 35.5. The molecule has 0 aliphatic carbocycles. The lowest BCUT2D eigenvalue weighted by molar-refractivity contribution is 0.0921. The number of sulfonamides is 1. The average molecular weight is 335 g/mol. The third kappa shape index (κ3) is 3.26. The second-order valence-corrected chi connectivity index (χ2v) is 8.45. The standard InChI is InChI=1S/C13H23ClN4O2S/c1-10-11(9-14)12(16-15-10)21(19,20)18-7-5-17(6-8-18)13(2,3)4/h5-9H2,1-4H3,(H,15,16). The van der Waals surface area contributed by atoms with Gasteiger partial charge < -0.3 is 0 Å². The molecule has 0 bridgehead atoms. The molecular weight excluding hydrogens is 312 g/mol. The Morgan fingerprint density at radius 1 is 1.24 bits per heavy atom. The Balaban J connectivity index is 2.19. The zero-order chi connectivity index (χ0) is 15.8. The van der Waals surface area contributed by atoms with E-state index in [0.29, 0.717) is 24.3 Å². The van der Waals surface area contributed by atoms with Crippen LogP contribution in [-0.4, -0.2) is 59.5 Å². The number of aryl methyl sites for hydroxylation is 1. The van der Waals surface area contributed by atoms with E-state index in [1.165, 1.54) is 4.31 Å². The van der Waals surface area contributed by atoms with Gasteiger partial charge in [-0.05, 0) is 27.7 Å². The Labute approximate surface area is 131 Å². The normalized spacial score (nSPS) is 19.1. The maximum absolute atomic E-state index is 12.7. The third-order valence-corrected chi connectivity index (χ3v) is 6.08. The van der Waals surface area contributed by atoms with Crippen molar-refractivity contribution in [1.29, 1.82) is 0 Å². The van der Waals surface area contributed by atoms with E-state index in [4.69, 9.17) is 11.6 Å². The molecular formula is C13H23ClN4O2S. The molecule has 1 aliphatic heterocycles. The summed E-state index contributed by atoms with van der Waals surface area (Å²) in [7, 11) is -3.57. The van der Waals surface area contributed by atoms with Crippen molar-refractivity contribution in [2.45, 2.75) is 44.1 Å². The van der Waals surface area contributed by atoms with Crippen LogP contribution < -0.4 is 0 Å². The predicted molar refractivity (Wildman–Crippen MR) is 83.0 cm³/mol. The first-order valence-electron chi connectivity index (χ1n) is 7.03. The highest BCUT2D eigenvalue weighted by Crippen LogP contribution is 2.24. The summed E-state index contributed by atoms with van der Waals surface area (Å²) in [4.78, 5) is 2.29. The first-order valence-corrected chi connectivity index (χ1v) is 9.00. The molecule has 0 unspecified atom stereocenters. The van der Waals surface area contributed by atoms with Crippen LogP contribution in [0.1, 0.15) is 32.0 Å². The van der Waals surface area contributed by atoms with Crippen LogP contribution in [0.5, 0.6) is 0 Å². The molecule has 0 amide bonds. The maximum Gasteiger partial charge on any atom is 0.262 e. The smallest absolute Gasteiger partial charge is 0.262 e. The minimum Gasteiger partial charge on any atom is -0.296 e. The highest BCUT2D eigenvalue weighted by Gasteiger charge is 2.34. The molecule has 2 heterocycles. The molecule has 2 rings (SSSR count). The fourth-order valence-corrected chi connectivity index (χ4v) is 4.51. The van der Waals surface area contributed by atoms with Crippen LogP contribution in [0, 0.1) is 6.92 Å². The van der Waals surface area contributed by atoms with Gasteiger partial charge in [0, 0.05) is 43.0 Å². The van der Waals surface area contributed by atoms with Crippen LogP contribution >= 0.6 is 11.6 Å². The number of aromatic amines is 1. The van der Waals surface area contributed by atoms with Gasteiger partial charge in [-0.25, -0.2) is 8.42 Å². The fourth-order valence-electron chi connectivity index (χ4n) is 2.52. The predicted octanol–water partition coefficient (Wildman–Crippen LogP) is 1.56. The van der Waals surface area contributed by atoms with Gasteiger partial charge in [-0.2, -0.15) is 9.40 Å². The molecule has 1 fully saturated rings. The van der Waals surface area contributed by atoms with Gasteiger partial charge in [0.15, 0.2) is 5.03 Å². The van der Waals surface area contributed by atoms with Crippen molar-refractivity contribution in [3.05, 3.63) is 11.3 Å². The van der Waals surface area contributed by atoms with Crippen LogP contribution in [0.2, 0.25) is 0 Å². The van der Waals surface area contributed by atoms with Crippen molar-refractivity contribution in [1.82, 2.24) is 19.4 Å². The minimum absolute atomic E-state index is 0.0556. The van der Waals surface area contributed by atoms with Gasteiger partial charge in [0.25, 0.3) is 10.0 Å². The summed E-state index contributed by atoms with van der Waals surface area (Å²) in [6.07, 6.45) is 0. The Morgan fingerprint density at radius 3 is 2.29 bits per heavy atom. The number of nitrogens with one attached hydrogen (secondary N) is 1. The number of halogens is 1. The number of rotatable bonds is 3. The SMILES string of the molecule is Cc1[nH]nc(S(=O)(=O)N2CCN(C(C)(C)C)CC2)c1CCl. The summed E-state index contributed by atoms with van der Waals surface area (Å²) in [6.45, 7) is 10.6. The molecule has 1 aromatic rings. The van der Waals surface area contributed by atoms with Gasteiger partial charge in [-0.3, -0.25) is 10.00 Å². The van der Waals surface area contributed by atoms with E-state index in [1.807, 2.05) is 0 Å². The zero-order valence-electron chi connectivity index (χ0n) is 13.0. The van der Waals surface area contributed by atoms with Crippen LogP contribution in [0.4, 0.5) is 0 Å². The Morgan fingerprint density at radius 2 is 1.81 bits per heavy atom. The highest BCUT2D eigenvalue weighted by molar-refractivity contribution is 7.89. The first-order chi connectivity index (χ1) is 9.67. The molecule has 0 aromatic carbocycles. The van der Waals surface area contributed by atoms with Gasteiger partial charge in [0.2, 0.25) is 0 Å². The van der Waals surface area contributed by atoms with Crippen molar-refractivity contribution in [2.75, 3.05) is 26.2 Å². The zero-order valence-corrected chi connectivity index (χ0v) is 14.6. The molecule has 1 aliphatic rings. The van der Waals surface area contributed by atoms with E-state index in [2.05, 4.69) is 35.9 Å². The molecule has 21 heavy (non-hydrogen) atoms. The molecule has 6 nitrogen and oxygen atoms in total. The molecule has 0 atom stereocenters. The largest absolute Gasteiger partial charge is 0.296 e. The summed E-state index contributed by atoms with van der Waals surface area (Å²) in [5.74, 6) is 0.138. The summed E-state index contributed by atoms with van der Waals surface area (Å²) < 4.78 is 26.9. The van der Waals surface area contributed by atoms with Gasteiger partial charge in [-0.1, -0.05) is 0 Å². The lowest BCUT2D eigenvalue weighted by Gasteiger charge is -2.41. The Kier molecular flexibility index (Phi) is 4.68. The average Bonchev–Trinajstić information content (AvgIpc) is 2.79. The Hall–Kier alpha value is -0.630. The molecule has 120 valence electrons. The number of H-pyrrole nitrogens is 1. The third-order valence-electron chi connectivity index (χ3n) is 3.94. The van der Waals surface area contributed by atoms with Gasteiger partial charge in [0.05, 0.1) is 5.88 Å². The molecule has 1 saturated heterocycles. The van der Waals surface area contributed by atoms with Crippen molar-refractivity contribution in [3.63, 3.8) is 0 Å². The molecule has 8 heteroatoms. The second-order valence-electron chi connectivity index (χ2n) is 6.33. The van der Waals surface area contributed by atoms with Crippen molar-refractivity contribution < 1.29 is 8.42 Å². The number of hydrogen-bond donors (Lipinski definition) is 1. The van der Waals surface area contributed by atoms with Gasteiger partial charge in [-0.15, -0.1) is 11.6 Å². The minimum atomic E-state index is -3.57. The maximum atomic E-state index is 12.7. The molecule has 0 radical (unpaired) electrons. The molecule has 0 saturated carbocycles. The van der Waals surface area contributed by atoms with Crippen molar-refractivity contribution >= 4 is 21.6 Å². The lowest BCUT2D eigenvalue weighted by Crippen LogP contribution is -2.54. The van der Waals surface area contributed by atoms with Crippen LogP contribution in [0.15, 0.2) is 5.03 Å². The monoisotopic (exact) mass is 334 g/mol. The van der Waals surface area contributed by atoms with E-state index in [1.54, 1.807) is 6.92 Å². The quantitative estimate of drug-likeness (QED) is 0.852. The van der Waals surface area contributed by atoms with Crippen molar-refractivity contribution in [2.24, 2.45) is 0 Å². The molecule has 0 spiro atoms. The second kappa shape index (κ2) is 5.87. The summed E-state index contributed by atoms with van der Waals surface area (Å²) in [5.41, 5.74) is 1.33. The van der Waals surface area contributed by atoms with Crippen LogP contribution in [0.25, 0.3) is 0 Å². The molecule has 1 N–H and O–H groups in total. The summed E-state index contributed by atoms with van der Waals surface area (Å²) in [5, 5.41) is 6.73. The van der Waals surface area contributed by atoms with Gasteiger partial charge in [0.1, 0.15) is 0 Å². The van der Waals surface area contributed by atoms with Crippen LogP contribution in [-0.2, 0) is 15.9 Å². The Bertz CT molecular complexity index is 598. The van der Waals surface area contributed by atoms with E-state index in [9.17, 15) is 8.42 Å². The number of nitrogens with zero attached hydrogens (tertiary/aromatic N) is 3. The van der Waals surface area contributed by atoms with E-state index < -0.39 is 10.0 Å². The molecule has 1 aromatic heterocycles. The number of hydrogen-bond acceptors (Lipinski definition) is 4. The summed E-state index contributed by atoms with van der Waals surface area (Å²) >= 11 is 5.86. The fraction of sp³-hybridized carbons (Fsp3) is 0.769.